The third-order valence-electron chi connectivity index (χ3n) is 3.45. The third kappa shape index (κ3) is 7.25. The van der Waals surface area contributed by atoms with Crippen LogP contribution in [-0.2, 0) is 6.42 Å². The van der Waals surface area contributed by atoms with Crippen LogP contribution < -0.4 is 4.74 Å². The maximum absolute atomic E-state index is 5.79. The molecule has 1 atom stereocenters. The largest absolute Gasteiger partial charge is 0.494 e. The van der Waals surface area contributed by atoms with Gasteiger partial charge in [0.1, 0.15) is 5.75 Å². The van der Waals surface area contributed by atoms with E-state index in [0.29, 0.717) is 0 Å². The molecule has 1 nitrogen and oxygen atoms in total. The van der Waals surface area contributed by atoms with Gasteiger partial charge in [0.15, 0.2) is 0 Å². The second kappa shape index (κ2) is 9.01. The lowest BCUT2D eigenvalue weighted by atomic mass is 9.95. The highest BCUT2D eigenvalue weighted by atomic mass is 16.5. The molecule has 0 N–H and O–H groups in total. The smallest absolute Gasteiger partial charge is 0.119 e. The van der Waals surface area contributed by atoms with E-state index in [1.165, 1.54) is 24.8 Å². The summed E-state index contributed by atoms with van der Waals surface area (Å²) in [6.45, 7) is 9.99. The van der Waals surface area contributed by atoms with E-state index < -0.39 is 0 Å². The van der Waals surface area contributed by atoms with Gasteiger partial charge in [0, 0.05) is 0 Å². The molecular formula is C18H30O. The molecule has 0 fully saturated rings. The summed E-state index contributed by atoms with van der Waals surface area (Å²) in [5.74, 6) is 2.63. The summed E-state index contributed by atoms with van der Waals surface area (Å²) in [6.07, 6.45) is 6.11. The van der Waals surface area contributed by atoms with E-state index in [0.717, 1.165) is 37.0 Å². The molecule has 0 aliphatic heterocycles. The predicted molar refractivity (Wildman–Crippen MR) is 83.8 cm³/mol. The van der Waals surface area contributed by atoms with E-state index in [1.54, 1.807) is 0 Å². The average Bonchev–Trinajstić information content (AvgIpc) is 2.36. The average molecular weight is 262 g/mol. The fourth-order valence-electron chi connectivity index (χ4n) is 2.59. The Bertz CT molecular complexity index is 326. The van der Waals surface area contributed by atoms with Gasteiger partial charge in [0.2, 0.25) is 0 Å². The monoisotopic (exact) mass is 262 g/mol. The van der Waals surface area contributed by atoms with Crippen molar-refractivity contribution in [2.75, 3.05) is 6.61 Å². The summed E-state index contributed by atoms with van der Waals surface area (Å²) in [5.41, 5.74) is 1.40. The lowest BCUT2D eigenvalue weighted by Gasteiger charge is -2.14. The fourth-order valence-corrected chi connectivity index (χ4v) is 2.59. The molecule has 1 unspecified atom stereocenters. The second-order valence-corrected chi connectivity index (χ2v) is 6.12. The molecule has 1 aromatic carbocycles. The highest BCUT2D eigenvalue weighted by Gasteiger charge is 2.04. The van der Waals surface area contributed by atoms with Crippen LogP contribution in [-0.4, -0.2) is 6.61 Å². The third-order valence-corrected chi connectivity index (χ3v) is 3.45. The molecule has 0 bridgehead atoms. The molecule has 0 aliphatic carbocycles. The van der Waals surface area contributed by atoms with Gasteiger partial charge in [-0.2, -0.15) is 0 Å². The Morgan fingerprint density at radius 1 is 1.05 bits per heavy atom. The lowest BCUT2D eigenvalue weighted by molar-refractivity contribution is 0.287. The highest BCUT2D eigenvalue weighted by Crippen LogP contribution is 2.17. The van der Waals surface area contributed by atoms with Gasteiger partial charge in [-0.25, -0.2) is 0 Å². The van der Waals surface area contributed by atoms with Gasteiger partial charge in [-0.3, -0.25) is 0 Å². The Kier molecular flexibility index (Phi) is 7.62. The minimum absolute atomic E-state index is 0.807. The molecule has 0 heterocycles. The minimum atomic E-state index is 0.807. The van der Waals surface area contributed by atoms with Crippen LogP contribution in [0.15, 0.2) is 24.3 Å². The van der Waals surface area contributed by atoms with E-state index in [1.807, 2.05) is 0 Å². The van der Waals surface area contributed by atoms with Crippen molar-refractivity contribution in [2.45, 2.75) is 59.8 Å². The Hall–Kier alpha value is -0.980. The Labute approximate surface area is 119 Å². The van der Waals surface area contributed by atoms with Gasteiger partial charge in [0.25, 0.3) is 0 Å². The molecule has 1 heteroatoms. The summed E-state index contributed by atoms with van der Waals surface area (Å²) in [6, 6.07) is 8.56. The molecule has 19 heavy (non-hydrogen) atoms. The van der Waals surface area contributed by atoms with Crippen LogP contribution in [0.3, 0.4) is 0 Å². The van der Waals surface area contributed by atoms with Crippen molar-refractivity contribution in [2.24, 2.45) is 11.8 Å². The Morgan fingerprint density at radius 2 is 1.74 bits per heavy atom. The summed E-state index contributed by atoms with van der Waals surface area (Å²) in [7, 11) is 0. The number of hydrogen-bond acceptors (Lipinski definition) is 1. The quantitative estimate of drug-likeness (QED) is 0.535. The molecule has 0 spiro atoms. The van der Waals surface area contributed by atoms with Crippen LogP contribution in [0.1, 0.15) is 58.9 Å². The van der Waals surface area contributed by atoms with Gasteiger partial charge < -0.3 is 4.74 Å². The van der Waals surface area contributed by atoms with Crippen molar-refractivity contribution in [3.05, 3.63) is 29.8 Å². The number of aryl methyl sites for hydroxylation is 1. The lowest BCUT2D eigenvalue weighted by Crippen LogP contribution is -2.04. The summed E-state index contributed by atoms with van der Waals surface area (Å²) in [4.78, 5) is 0. The van der Waals surface area contributed by atoms with Crippen LogP contribution in [0, 0.1) is 11.8 Å². The van der Waals surface area contributed by atoms with Gasteiger partial charge in [-0.15, -0.1) is 0 Å². The zero-order chi connectivity index (χ0) is 14.1. The first-order chi connectivity index (χ1) is 9.11. The van der Waals surface area contributed by atoms with Crippen LogP contribution in [0.25, 0.3) is 0 Å². The van der Waals surface area contributed by atoms with Crippen LogP contribution >= 0.6 is 0 Å². The van der Waals surface area contributed by atoms with Crippen LogP contribution in [0.2, 0.25) is 0 Å². The summed E-state index contributed by atoms with van der Waals surface area (Å²) >= 11 is 0. The molecule has 1 rings (SSSR count). The Balaban J connectivity index is 2.18. The molecule has 0 amide bonds. The summed E-state index contributed by atoms with van der Waals surface area (Å²) in [5, 5.41) is 0. The SMILES string of the molecule is CCCc1ccc(OCCCC(C)CC(C)C)cc1. The molecule has 0 aliphatic rings. The number of hydrogen-bond donors (Lipinski definition) is 0. The van der Waals surface area contributed by atoms with Crippen molar-refractivity contribution in [1.82, 2.24) is 0 Å². The molecule has 108 valence electrons. The van der Waals surface area contributed by atoms with Crippen molar-refractivity contribution in [3.8, 4) is 5.75 Å². The first-order valence-corrected chi connectivity index (χ1v) is 7.83. The van der Waals surface area contributed by atoms with Crippen molar-refractivity contribution < 1.29 is 4.74 Å². The molecular weight excluding hydrogens is 232 g/mol. The topological polar surface area (TPSA) is 9.23 Å². The van der Waals surface area contributed by atoms with Crippen LogP contribution in [0.5, 0.6) is 5.75 Å². The summed E-state index contributed by atoms with van der Waals surface area (Å²) < 4.78 is 5.79. The number of rotatable bonds is 9. The van der Waals surface area contributed by atoms with E-state index >= 15 is 0 Å². The molecule has 0 aromatic heterocycles. The van der Waals surface area contributed by atoms with E-state index in [-0.39, 0.29) is 0 Å². The zero-order valence-electron chi connectivity index (χ0n) is 13.1. The first kappa shape index (κ1) is 16.1. The van der Waals surface area contributed by atoms with Crippen LogP contribution in [0.4, 0.5) is 0 Å². The standard InChI is InChI=1S/C18H30O/c1-5-7-17-9-11-18(12-10-17)19-13-6-8-16(4)14-15(2)3/h9-12,15-16H,5-8,13-14H2,1-4H3. The molecule has 0 saturated carbocycles. The minimum Gasteiger partial charge on any atom is -0.494 e. The van der Waals surface area contributed by atoms with E-state index in [9.17, 15) is 0 Å². The maximum atomic E-state index is 5.79. The molecule has 1 aromatic rings. The normalized spacial score (nSPS) is 12.7. The predicted octanol–water partition coefficient (Wildman–Crippen LogP) is 5.48. The zero-order valence-corrected chi connectivity index (χ0v) is 13.1. The second-order valence-electron chi connectivity index (χ2n) is 6.12. The number of ether oxygens (including phenoxy) is 1. The first-order valence-electron chi connectivity index (χ1n) is 7.83. The van der Waals surface area contributed by atoms with Crippen molar-refractivity contribution >= 4 is 0 Å². The molecule has 0 radical (unpaired) electrons. The Morgan fingerprint density at radius 3 is 2.32 bits per heavy atom. The maximum Gasteiger partial charge on any atom is 0.119 e. The van der Waals surface area contributed by atoms with Gasteiger partial charge in [0.05, 0.1) is 6.61 Å². The fraction of sp³-hybridized carbons (Fsp3) is 0.667. The van der Waals surface area contributed by atoms with E-state index in [4.69, 9.17) is 4.74 Å². The van der Waals surface area contributed by atoms with Crippen molar-refractivity contribution in [3.63, 3.8) is 0 Å². The highest BCUT2D eigenvalue weighted by molar-refractivity contribution is 5.27. The molecule has 0 saturated heterocycles. The van der Waals surface area contributed by atoms with Gasteiger partial charge in [-0.1, -0.05) is 46.2 Å². The van der Waals surface area contributed by atoms with Crippen molar-refractivity contribution in [1.29, 1.82) is 0 Å². The number of benzene rings is 1. The van der Waals surface area contributed by atoms with Gasteiger partial charge in [-0.05, 0) is 55.2 Å². The van der Waals surface area contributed by atoms with Gasteiger partial charge >= 0.3 is 0 Å². The van der Waals surface area contributed by atoms with E-state index in [2.05, 4.69) is 52.0 Å².